The molecule has 0 bridgehead atoms. The van der Waals surface area contributed by atoms with Gasteiger partial charge in [-0.25, -0.2) is 4.79 Å². The summed E-state index contributed by atoms with van der Waals surface area (Å²) in [4.78, 5) is 48.6. The number of carbonyl (C=O) groups is 4. The number of benzene rings is 1. The summed E-state index contributed by atoms with van der Waals surface area (Å²) in [6.45, 7) is 1.01. The second-order valence-corrected chi connectivity index (χ2v) is 7.16. The van der Waals surface area contributed by atoms with Crippen molar-refractivity contribution < 1.29 is 28.3 Å². The molecule has 9 nitrogen and oxygen atoms in total. The smallest absolute Gasteiger partial charge is 0.344 e. The van der Waals surface area contributed by atoms with E-state index in [1.165, 1.54) is 6.26 Å². The molecule has 0 spiro atoms. The van der Waals surface area contributed by atoms with Crippen molar-refractivity contribution in [3.05, 3.63) is 60.1 Å². The SMILES string of the molecule is C[C@@]1(CCc2ccccc2)NC(=O)N(NC(=O)COC(=O)CCc2ccco2)C1=O. The first kappa shape index (κ1) is 21.1. The summed E-state index contributed by atoms with van der Waals surface area (Å²) in [7, 11) is 0. The maximum Gasteiger partial charge on any atom is 0.344 e. The van der Waals surface area contributed by atoms with Crippen LogP contribution in [0.4, 0.5) is 4.79 Å². The first-order valence-electron chi connectivity index (χ1n) is 9.55. The number of hydrogen-bond acceptors (Lipinski definition) is 6. The van der Waals surface area contributed by atoms with Crippen LogP contribution in [0.5, 0.6) is 0 Å². The van der Waals surface area contributed by atoms with Gasteiger partial charge in [0.25, 0.3) is 11.8 Å². The predicted octanol–water partition coefficient (Wildman–Crippen LogP) is 1.73. The van der Waals surface area contributed by atoms with Crippen LogP contribution in [-0.4, -0.2) is 41.0 Å². The molecule has 30 heavy (non-hydrogen) atoms. The van der Waals surface area contributed by atoms with Crippen molar-refractivity contribution in [2.24, 2.45) is 0 Å². The van der Waals surface area contributed by atoms with E-state index in [4.69, 9.17) is 9.15 Å². The number of imide groups is 1. The van der Waals surface area contributed by atoms with Crippen molar-refractivity contribution >= 4 is 23.8 Å². The molecule has 3 rings (SSSR count). The molecular weight excluding hydrogens is 390 g/mol. The van der Waals surface area contributed by atoms with Crippen LogP contribution in [0.1, 0.15) is 31.1 Å². The van der Waals surface area contributed by atoms with Gasteiger partial charge in [-0.2, -0.15) is 5.01 Å². The van der Waals surface area contributed by atoms with Crippen molar-refractivity contribution in [2.75, 3.05) is 6.61 Å². The Morgan fingerprint density at radius 1 is 1.13 bits per heavy atom. The standard InChI is InChI=1S/C21H23N3O6/c1-21(12-11-15-6-3-2-4-7-15)19(27)24(20(28)22-21)23-17(25)14-30-18(26)10-9-16-8-5-13-29-16/h2-8,13H,9-12,14H2,1H3,(H,22,28)(H,23,25)/t21-/m0/s1. The summed E-state index contributed by atoms with van der Waals surface area (Å²) < 4.78 is 9.99. The van der Waals surface area contributed by atoms with E-state index in [0.29, 0.717) is 30.0 Å². The minimum atomic E-state index is -1.14. The Labute approximate surface area is 173 Å². The fourth-order valence-electron chi connectivity index (χ4n) is 3.05. The highest BCUT2D eigenvalue weighted by Crippen LogP contribution is 2.22. The highest BCUT2D eigenvalue weighted by atomic mass is 16.5. The quantitative estimate of drug-likeness (QED) is 0.478. The molecule has 2 N–H and O–H groups in total. The zero-order valence-corrected chi connectivity index (χ0v) is 16.6. The first-order chi connectivity index (χ1) is 14.4. The highest BCUT2D eigenvalue weighted by molar-refractivity contribution is 6.07. The Morgan fingerprint density at radius 2 is 1.90 bits per heavy atom. The van der Waals surface area contributed by atoms with E-state index in [2.05, 4.69) is 10.7 Å². The summed E-state index contributed by atoms with van der Waals surface area (Å²) in [5.41, 5.74) is 2.09. The summed E-state index contributed by atoms with van der Waals surface area (Å²) in [5, 5.41) is 3.24. The van der Waals surface area contributed by atoms with E-state index < -0.39 is 36.0 Å². The molecule has 4 amide bonds. The highest BCUT2D eigenvalue weighted by Gasteiger charge is 2.48. The predicted molar refractivity (Wildman–Crippen MR) is 105 cm³/mol. The number of hydrogen-bond donors (Lipinski definition) is 2. The van der Waals surface area contributed by atoms with Crippen LogP contribution in [0.2, 0.25) is 0 Å². The van der Waals surface area contributed by atoms with Crippen LogP contribution in [0.25, 0.3) is 0 Å². The summed E-state index contributed by atoms with van der Waals surface area (Å²) >= 11 is 0. The van der Waals surface area contributed by atoms with Crippen molar-refractivity contribution in [3.63, 3.8) is 0 Å². The summed E-state index contributed by atoms with van der Waals surface area (Å²) in [6.07, 6.45) is 2.84. The van der Waals surface area contributed by atoms with Gasteiger partial charge in [-0.1, -0.05) is 30.3 Å². The lowest BCUT2D eigenvalue weighted by Crippen LogP contribution is -2.50. The van der Waals surface area contributed by atoms with Gasteiger partial charge in [0.1, 0.15) is 11.3 Å². The number of nitrogens with one attached hydrogen (secondary N) is 2. The topological polar surface area (TPSA) is 118 Å². The lowest BCUT2D eigenvalue weighted by molar-refractivity contribution is -0.150. The van der Waals surface area contributed by atoms with Gasteiger partial charge in [0.2, 0.25) is 0 Å². The normalized spacial score (nSPS) is 18.2. The molecule has 0 unspecified atom stereocenters. The zero-order valence-electron chi connectivity index (χ0n) is 16.6. The van der Waals surface area contributed by atoms with Crippen molar-refractivity contribution in [3.8, 4) is 0 Å². The van der Waals surface area contributed by atoms with Gasteiger partial charge in [-0.15, -0.1) is 0 Å². The fourth-order valence-corrected chi connectivity index (χ4v) is 3.05. The van der Waals surface area contributed by atoms with Crippen molar-refractivity contribution in [1.82, 2.24) is 15.8 Å². The maximum absolute atomic E-state index is 12.7. The summed E-state index contributed by atoms with van der Waals surface area (Å²) in [6, 6.07) is 12.3. The second-order valence-electron chi connectivity index (χ2n) is 7.16. The van der Waals surface area contributed by atoms with Gasteiger partial charge in [0.05, 0.1) is 12.7 Å². The van der Waals surface area contributed by atoms with Crippen LogP contribution < -0.4 is 10.7 Å². The minimum absolute atomic E-state index is 0.0431. The largest absolute Gasteiger partial charge is 0.469 e. The molecule has 0 saturated carbocycles. The van der Waals surface area contributed by atoms with E-state index in [9.17, 15) is 19.2 Å². The molecule has 1 aliphatic heterocycles. The van der Waals surface area contributed by atoms with Gasteiger partial charge >= 0.3 is 12.0 Å². The third-order valence-electron chi connectivity index (χ3n) is 4.77. The molecule has 2 heterocycles. The number of urea groups is 1. The van der Waals surface area contributed by atoms with Crippen LogP contribution in [0.15, 0.2) is 53.1 Å². The molecule has 0 aliphatic carbocycles. The van der Waals surface area contributed by atoms with Gasteiger partial charge in [-0.05, 0) is 37.5 Å². The lowest BCUT2D eigenvalue weighted by atomic mass is 9.93. The Bertz CT molecular complexity index is 912. The molecule has 1 aromatic carbocycles. The van der Waals surface area contributed by atoms with E-state index in [1.54, 1.807) is 19.1 Å². The summed E-state index contributed by atoms with van der Waals surface area (Å²) in [5.74, 6) is -1.31. The Kier molecular flexibility index (Phi) is 6.51. The second kappa shape index (κ2) is 9.25. The zero-order chi connectivity index (χ0) is 21.6. The number of carbonyl (C=O) groups excluding carboxylic acids is 4. The Balaban J connectivity index is 1.45. The van der Waals surface area contributed by atoms with Gasteiger partial charge in [0, 0.05) is 6.42 Å². The van der Waals surface area contributed by atoms with E-state index in [1.807, 2.05) is 30.3 Å². The molecule has 1 atom stereocenters. The molecule has 158 valence electrons. The third-order valence-corrected chi connectivity index (χ3v) is 4.77. The minimum Gasteiger partial charge on any atom is -0.469 e. The third kappa shape index (κ3) is 5.25. The number of esters is 1. The van der Waals surface area contributed by atoms with E-state index >= 15 is 0 Å². The molecule has 9 heteroatoms. The maximum atomic E-state index is 12.7. The van der Waals surface area contributed by atoms with Crippen LogP contribution in [0, 0.1) is 0 Å². The number of nitrogens with zero attached hydrogens (tertiary/aromatic N) is 1. The molecule has 1 aliphatic rings. The number of hydrazine groups is 1. The number of amides is 4. The molecule has 1 fully saturated rings. The van der Waals surface area contributed by atoms with Crippen LogP contribution in [0.3, 0.4) is 0 Å². The number of rotatable bonds is 9. The average molecular weight is 413 g/mol. The van der Waals surface area contributed by atoms with Crippen molar-refractivity contribution in [2.45, 2.75) is 38.1 Å². The van der Waals surface area contributed by atoms with Crippen molar-refractivity contribution in [1.29, 1.82) is 0 Å². The van der Waals surface area contributed by atoms with Gasteiger partial charge in [0.15, 0.2) is 6.61 Å². The van der Waals surface area contributed by atoms with Crippen LogP contribution >= 0.6 is 0 Å². The Morgan fingerprint density at radius 3 is 2.60 bits per heavy atom. The fraction of sp³-hybridized carbons (Fsp3) is 0.333. The number of aryl methyl sites for hydroxylation is 2. The van der Waals surface area contributed by atoms with E-state index in [0.717, 1.165) is 5.56 Å². The molecule has 1 aromatic heterocycles. The molecule has 0 radical (unpaired) electrons. The van der Waals surface area contributed by atoms with E-state index in [-0.39, 0.29) is 6.42 Å². The molecule has 2 aromatic rings. The van der Waals surface area contributed by atoms with Gasteiger partial charge in [-0.3, -0.25) is 19.8 Å². The lowest BCUT2D eigenvalue weighted by Gasteiger charge is -2.21. The number of ether oxygens (including phenoxy) is 1. The first-order valence-corrected chi connectivity index (χ1v) is 9.55. The monoisotopic (exact) mass is 413 g/mol. The number of furan rings is 1. The Hall–Kier alpha value is -3.62. The van der Waals surface area contributed by atoms with Crippen LogP contribution in [-0.2, 0) is 32.0 Å². The van der Waals surface area contributed by atoms with Gasteiger partial charge < -0.3 is 14.5 Å². The average Bonchev–Trinajstić information content (AvgIpc) is 3.33. The molecule has 1 saturated heterocycles. The molecular formula is C21H23N3O6.